The highest BCUT2D eigenvalue weighted by atomic mass is 32.1. The van der Waals surface area contributed by atoms with Crippen molar-refractivity contribution in [1.82, 2.24) is 9.78 Å². The Balaban J connectivity index is 1.49. The van der Waals surface area contributed by atoms with Crippen LogP contribution in [0.3, 0.4) is 0 Å². The molecule has 0 spiro atoms. The molecule has 4 heterocycles. The minimum absolute atomic E-state index is 0.110. The maximum atomic E-state index is 5.63. The Morgan fingerprint density at radius 3 is 2.47 bits per heavy atom. The molecule has 8 heteroatoms. The number of para-hydroxylation sites is 5. The molecule has 0 saturated heterocycles. The molecule has 0 radical (unpaired) electrons. The quantitative estimate of drug-likeness (QED) is 0.278. The van der Waals surface area contributed by atoms with Crippen molar-refractivity contribution in [3.63, 3.8) is 0 Å². The number of hydrogen-bond donors (Lipinski definition) is 1. The zero-order valence-corrected chi connectivity index (χ0v) is 21.7. The van der Waals surface area contributed by atoms with Crippen molar-refractivity contribution in [2.75, 3.05) is 17.3 Å². The van der Waals surface area contributed by atoms with Crippen molar-refractivity contribution in [2.45, 2.75) is 13.0 Å². The summed E-state index contributed by atoms with van der Waals surface area (Å²) in [6.45, 7) is 2.07. The summed E-state index contributed by atoms with van der Waals surface area (Å²) in [6, 6.07) is 30.4. The predicted molar refractivity (Wildman–Crippen MR) is 154 cm³/mol. The molecular formula is C30H24N6OS. The molecule has 2 aromatic heterocycles. The van der Waals surface area contributed by atoms with Crippen LogP contribution in [-0.4, -0.2) is 28.6 Å². The lowest BCUT2D eigenvalue weighted by atomic mass is 9.98. The SMILES string of the molecule is COc1ccccc1NC1=Nc2ccccc2N2C1=Nc1c(c(C)nn1-c1ccccc1)[C@@H]2c1cccs1. The molecule has 0 amide bonds. The highest BCUT2D eigenvalue weighted by Crippen LogP contribution is 2.49. The minimum atomic E-state index is -0.110. The van der Waals surface area contributed by atoms with E-state index in [1.165, 1.54) is 4.88 Å². The van der Waals surface area contributed by atoms with Crippen molar-refractivity contribution in [3.05, 3.63) is 113 Å². The van der Waals surface area contributed by atoms with Gasteiger partial charge in [0.1, 0.15) is 11.8 Å². The second-order valence-electron chi connectivity index (χ2n) is 9.07. The molecule has 0 fully saturated rings. The lowest BCUT2D eigenvalue weighted by Gasteiger charge is -2.40. The van der Waals surface area contributed by atoms with Crippen LogP contribution in [-0.2, 0) is 0 Å². The lowest BCUT2D eigenvalue weighted by Crippen LogP contribution is -2.46. The van der Waals surface area contributed by atoms with Crippen molar-refractivity contribution in [3.8, 4) is 11.4 Å². The Morgan fingerprint density at radius 1 is 0.868 bits per heavy atom. The molecule has 2 aliphatic rings. The number of nitrogens with one attached hydrogen (secondary N) is 1. The summed E-state index contributed by atoms with van der Waals surface area (Å²) in [7, 11) is 1.67. The van der Waals surface area contributed by atoms with Crippen molar-refractivity contribution in [2.24, 2.45) is 9.98 Å². The number of anilines is 2. The van der Waals surface area contributed by atoms with Gasteiger partial charge in [-0.2, -0.15) is 5.10 Å². The first-order valence-corrected chi connectivity index (χ1v) is 13.3. The molecule has 3 aromatic carbocycles. The third-order valence-electron chi connectivity index (χ3n) is 6.81. The summed E-state index contributed by atoms with van der Waals surface area (Å²) >= 11 is 1.73. The van der Waals surface area contributed by atoms with E-state index in [1.807, 2.05) is 65.3 Å². The maximum Gasteiger partial charge on any atom is 0.179 e. The summed E-state index contributed by atoms with van der Waals surface area (Å²) < 4.78 is 7.57. The van der Waals surface area contributed by atoms with Gasteiger partial charge in [0.25, 0.3) is 0 Å². The van der Waals surface area contributed by atoms with Crippen LogP contribution in [0.1, 0.15) is 22.2 Å². The van der Waals surface area contributed by atoms with E-state index >= 15 is 0 Å². The maximum absolute atomic E-state index is 5.63. The smallest absolute Gasteiger partial charge is 0.179 e. The van der Waals surface area contributed by atoms with Gasteiger partial charge in [-0.3, -0.25) is 0 Å². The average Bonchev–Trinajstić information content (AvgIpc) is 3.61. The number of aromatic nitrogens is 2. The molecular weight excluding hydrogens is 492 g/mol. The van der Waals surface area contributed by atoms with Gasteiger partial charge in [-0.05, 0) is 54.8 Å². The molecule has 7 rings (SSSR count). The second kappa shape index (κ2) is 9.00. The first kappa shape index (κ1) is 22.5. The van der Waals surface area contributed by atoms with Crippen molar-refractivity contribution in [1.29, 1.82) is 0 Å². The van der Waals surface area contributed by atoms with E-state index < -0.39 is 0 Å². The monoisotopic (exact) mass is 516 g/mol. The fourth-order valence-electron chi connectivity index (χ4n) is 5.14. The van der Waals surface area contributed by atoms with Gasteiger partial charge in [0.15, 0.2) is 17.5 Å². The molecule has 0 saturated carbocycles. The number of methoxy groups -OCH3 is 1. The second-order valence-corrected chi connectivity index (χ2v) is 10.0. The summed E-state index contributed by atoms with van der Waals surface area (Å²) in [5.74, 6) is 2.93. The summed E-state index contributed by atoms with van der Waals surface area (Å²) in [5.41, 5.74) is 5.71. The highest BCUT2D eigenvalue weighted by Gasteiger charge is 2.41. The molecule has 1 atom stereocenters. The molecule has 0 unspecified atom stereocenters. The molecule has 38 heavy (non-hydrogen) atoms. The average molecular weight is 517 g/mol. The Labute approximate surface area is 224 Å². The molecule has 186 valence electrons. The number of thiophene rings is 1. The summed E-state index contributed by atoms with van der Waals surface area (Å²) in [5, 5.41) is 10.6. The number of aryl methyl sites for hydroxylation is 1. The van der Waals surface area contributed by atoms with Crippen molar-refractivity contribution < 1.29 is 4.74 Å². The van der Waals surface area contributed by atoms with Gasteiger partial charge < -0.3 is 15.0 Å². The van der Waals surface area contributed by atoms with E-state index in [2.05, 4.69) is 52.9 Å². The molecule has 5 aromatic rings. The molecule has 1 N–H and O–H groups in total. The van der Waals surface area contributed by atoms with Crippen LogP contribution in [0.5, 0.6) is 5.75 Å². The number of benzene rings is 3. The third kappa shape index (κ3) is 3.53. The summed E-state index contributed by atoms with van der Waals surface area (Å²) in [6.07, 6.45) is 0. The number of nitrogens with zero attached hydrogens (tertiary/aromatic N) is 5. The fourth-order valence-corrected chi connectivity index (χ4v) is 5.96. The zero-order valence-electron chi connectivity index (χ0n) is 20.9. The Morgan fingerprint density at radius 2 is 1.66 bits per heavy atom. The number of aliphatic imine (C=N–C) groups is 2. The van der Waals surface area contributed by atoms with Gasteiger partial charge in [-0.15, -0.1) is 11.3 Å². The van der Waals surface area contributed by atoms with Gasteiger partial charge in [-0.25, -0.2) is 14.7 Å². The number of fused-ring (bicyclic) bond motifs is 4. The number of hydrogen-bond acceptors (Lipinski definition) is 7. The van der Waals surface area contributed by atoms with Gasteiger partial charge in [0.2, 0.25) is 0 Å². The van der Waals surface area contributed by atoms with E-state index in [-0.39, 0.29) is 6.04 Å². The van der Waals surface area contributed by atoms with Crippen LogP contribution in [0.15, 0.2) is 106 Å². The first-order valence-electron chi connectivity index (χ1n) is 12.4. The number of amidine groups is 2. The van der Waals surface area contributed by atoms with Crippen LogP contribution in [0.4, 0.5) is 22.9 Å². The lowest BCUT2D eigenvalue weighted by molar-refractivity contribution is 0.417. The van der Waals surface area contributed by atoms with E-state index in [1.54, 1.807) is 18.4 Å². The van der Waals surface area contributed by atoms with Crippen LogP contribution in [0.25, 0.3) is 5.69 Å². The minimum Gasteiger partial charge on any atom is -0.495 e. The topological polar surface area (TPSA) is 67.0 Å². The molecule has 0 bridgehead atoms. The first-order chi connectivity index (χ1) is 18.7. The van der Waals surface area contributed by atoms with Gasteiger partial charge in [0, 0.05) is 10.4 Å². The number of rotatable bonds is 4. The van der Waals surface area contributed by atoms with Crippen LogP contribution >= 0.6 is 11.3 Å². The highest BCUT2D eigenvalue weighted by molar-refractivity contribution is 7.10. The van der Waals surface area contributed by atoms with E-state index in [9.17, 15) is 0 Å². The van der Waals surface area contributed by atoms with Crippen LogP contribution < -0.4 is 15.0 Å². The third-order valence-corrected chi connectivity index (χ3v) is 7.74. The van der Waals surface area contributed by atoms with E-state index in [0.29, 0.717) is 5.84 Å². The summed E-state index contributed by atoms with van der Waals surface area (Å²) in [4.78, 5) is 13.8. The Hall–Kier alpha value is -4.69. The Kier molecular flexibility index (Phi) is 5.33. The largest absolute Gasteiger partial charge is 0.495 e. The zero-order chi connectivity index (χ0) is 25.6. The van der Waals surface area contributed by atoms with Gasteiger partial charge in [0.05, 0.1) is 35.6 Å². The molecule has 2 aliphatic heterocycles. The normalized spacial score (nSPS) is 15.6. The number of ether oxygens (including phenoxy) is 1. The van der Waals surface area contributed by atoms with E-state index in [0.717, 1.165) is 51.4 Å². The Bertz CT molecular complexity index is 1700. The fraction of sp³-hybridized carbons (Fsp3) is 0.100. The standard InChI is InChI=1S/C30H24N6OS/c1-19-26-27(25-17-10-18-38-25)35-23-15-8-6-13-21(23)31-28(32-22-14-7-9-16-24(22)37-2)30(35)33-29(26)36(34-19)20-11-4-3-5-12-20/h3-18,27H,1-2H3,(H,31,32)/t27-/m0/s1. The van der Waals surface area contributed by atoms with Crippen molar-refractivity contribution >= 4 is 45.9 Å². The van der Waals surface area contributed by atoms with E-state index in [4.69, 9.17) is 19.8 Å². The van der Waals surface area contributed by atoms with Gasteiger partial charge in [-0.1, -0.05) is 48.5 Å². The van der Waals surface area contributed by atoms with Gasteiger partial charge >= 0.3 is 0 Å². The predicted octanol–water partition coefficient (Wildman–Crippen LogP) is 7.05. The molecule has 7 nitrogen and oxygen atoms in total. The van der Waals surface area contributed by atoms with Crippen LogP contribution in [0.2, 0.25) is 0 Å². The van der Waals surface area contributed by atoms with Crippen LogP contribution in [0, 0.1) is 6.92 Å². The molecule has 0 aliphatic carbocycles.